The van der Waals surface area contributed by atoms with Gasteiger partial charge in [-0.2, -0.15) is 0 Å². The summed E-state index contributed by atoms with van der Waals surface area (Å²) in [5, 5.41) is 8.41. The van der Waals surface area contributed by atoms with Gasteiger partial charge in [-0.05, 0) is 60.7 Å². The zero-order valence-electron chi connectivity index (χ0n) is 16.8. The van der Waals surface area contributed by atoms with Gasteiger partial charge < -0.3 is 9.73 Å². The zero-order valence-corrected chi connectivity index (χ0v) is 21.4. The molecule has 1 amide bonds. The van der Waals surface area contributed by atoms with Crippen molar-refractivity contribution in [2.45, 2.75) is 0 Å². The molecule has 3 aromatic carbocycles. The van der Waals surface area contributed by atoms with Crippen LogP contribution in [-0.2, 0) is 0 Å². The maximum atomic E-state index is 12.8. The molecule has 0 unspecified atom stereocenters. The van der Waals surface area contributed by atoms with E-state index in [4.69, 9.17) is 63.0 Å². The van der Waals surface area contributed by atoms with Gasteiger partial charge in [-0.1, -0.05) is 52.5 Å². The van der Waals surface area contributed by atoms with Crippen LogP contribution in [0.15, 0.2) is 59.0 Å². The van der Waals surface area contributed by atoms with E-state index in [1.165, 1.54) is 11.3 Å². The van der Waals surface area contributed by atoms with Crippen LogP contribution >= 0.6 is 70.0 Å². The number of oxazole rings is 1. The van der Waals surface area contributed by atoms with E-state index in [1.807, 2.05) is 0 Å². The number of rotatable bonds is 3. The quantitative estimate of drug-likeness (QED) is 0.214. The third-order valence-electron chi connectivity index (χ3n) is 4.83. The van der Waals surface area contributed by atoms with Crippen LogP contribution in [0.5, 0.6) is 0 Å². The number of hydrogen-bond donors (Lipinski definition) is 2. The molecule has 0 fully saturated rings. The van der Waals surface area contributed by atoms with Gasteiger partial charge in [0.15, 0.2) is 10.7 Å². The van der Waals surface area contributed by atoms with Gasteiger partial charge >= 0.3 is 0 Å². The third-order valence-corrected chi connectivity index (χ3v) is 7.49. The molecule has 2 N–H and O–H groups in total. The lowest BCUT2D eigenvalue weighted by Crippen LogP contribution is -2.33. The van der Waals surface area contributed by atoms with Crippen LogP contribution in [0.4, 0.5) is 5.69 Å². The number of hydrogen-bond acceptors (Lipinski definition) is 5. The van der Waals surface area contributed by atoms with Crippen molar-refractivity contribution in [2.24, 2.45) is 0 Å². The lowest BCUT2D eigenvalue weighted by atomic mass is 10.2. The Morgan fingerprint density at radius 1 is 0.971 bits per heavy atom. The summed E-state index contributed by atoms with van der Waals surface area (Å²) in [4.78, 5) is 17.6. The minimum Gasteiger partial charge on any atom is -0.436 e. The number of benzene rings is 3. The number of halogens is 4. The van der Waals surface area contributed by atoms with Gasteiger partial charge in [-0.15, -0.1) is 11.3 Å². The standard InChI is InChI=1S/C23H11Cl4N3O2S2/c24-10-2-5-15(26)14(7-10)22-29-16-9-12(3-6-17(16)32-22)28-23(33)30-21(31)20-19(27)13-4-1-11(25)8-18(13)34-20/h1-9H,(H2,28,30,31,33). The van der Waals surface area contributed by atoms with Gasteiger partial charge in [-0.25, -0.2) is 4.98 Å². The number of carbonyl (C=O) groups is 1. The third kappa shape index (κ3) is 4.60. The fourth-order valence-corrected chi connectivity index (χ4v) is 5.56. The predicted molar refractivity (Wildman–Crippen MR) is 145 cm³/mol. The Kier molecular flexibility index (Phi) is 6.41. The second-order valence-corrected chi connectivity index (χ2v) is 10.2. The summed E-state index contributed by atoms with van der Waals surface area (Å²) in [6, 6.07) is 15.6. The van der Waals surface area contributed by atoms with Crippen molar-refractivity contribution >= 4 is 108 Å². The number of amides is 1. The average Bonchev–Trinajstić information content (AvgIpc) is 3.35. The summed E-state index contributed by atoms with van der Waals surface area (Å²) in [5.74, 6) is -0.0738. The second-order valence-electron chi connectivity index (χ2n) is 7.12. The number of aromatic nitrogens is 1. The zero-order chi connectivity index (χ0) is 24.0. The molecule has 2 aromatic heterocycles. The molecule has 34 heavy (non-hydrogen) atoms. The van der Waals surface area contributed by atoms with E-state index in [9.17, 15) is 4.79 Å². The van der Waals surface area contributed by atoms with Crippen LogP contribution in [0.3, 0.4) is 0 Å². The molecule has 5 nitrogen and oxygen atoms in total. The number of thiophene rings is 1. The highest BCUT2D eigenvalue weighted by Crippen LogP contribution is 2.37. The summed E-state index contributed by atoms with van der Waals surface area (Å²) in [6.07, 6.45) is 0. The largest absolute Gasteiger partial charge is 0.436 e. The highest BCUT2D eigenvalue weighted by Gasteiger charge is 2.19. The van der Waals surface area contributed by atoms with Crippen molar-refractivity contribution in [2.75, 3.05) is 5.32 Å². The Morgan fingerprint density at radius 3 is 2.56 bits per heavy atom. The van der Waals surface area contributed by atoms with Crippen LogP contribution in [-0.4, -0.2) is 16.0 Å². The molecule has 0 radical (unpaired) electrons. The first-order valence-electron chi connectivity index (χ1n) is 9.64. The van der Waals surface area contributed by atoms with Crippen LogP contribution in [0, 0.1) is 0 Å². The molecule has 0 atom stereocenters. The summed E-state index contributed by atoms with van der Waals surface area (Å²) in [6.45, 7) is 0. The van der Waals surface area contributed by atoms with Gasteiger partial charge in [-0.3, -0.25) is 10.1 Å². The summed E-state index contributed by atoms with van der Waals surface area (Å²) in [7, 11) is 0. The van der Waals surface area contributed by atoms with Crippen molar-refractivity contribution < 1.29 is 9.21 Å². The van der Waals surface area contributed by atoms with Gasteiger partial charge in [0.05, 0.1) is 15.6 Å². The number of anilines is 1. The average molecular weight is 567 g/mol. The fraction of sp³-hybridized carbons (Fsp3) is 0. The van der Waals surface area contributed by atoms with E-state index in [-0.39, 0.29) is 5.11 Å². The van der Waals surface area contributed by atoms with Crippen molar-refractivity contribution in [3.8, 4) is 11.5 Å². The van der Waals surface area contributed by atoms with Crippen molar-refractivity contribution in [1.29, 1.82) is 0 Å². The van der Waals surface area contributed by atoms with Gasteiger partial charge in [0.25, 0.3) is 5.91 Å². The fourth-order valence-electron chi connectivity index (χ4n) is 3.29. The smallest absolute Gasteiger partial charge is 0.269 e. The predicted octanol–water partition coefficient (Wildman–Crippen LogP) is 8.45. The maximum absolute atomic E-state index is 12.8. The molecule has 5 rings (SSSR count). The van der Waals surface area contributed by atoms with Gasteiger partial charge in [0, 0.05) is 25.8 Å². The molecule has 5 aromatic rings. The summed E-state index contributed by atoms with van der Waals surface area (Å²) in [5.41, 5.74) is 2.34. The van der Waals surface area contributed by atoms with Gasteiger partial charge in [0.2, 0.25) is 5.89 Å². The first kappa shape index (κ1) is 23.4. The minimum absolute atomic E-state index is 0.109. The molecule has 0 spiro atoms. The Morgan fingerprint density at radius 2 is 1.74 bits per heavy atom. The molecule has 0 aliphatic heterocycles. The maximum Gasteiger partial charge on any atom is 0.269 e. The molecule has 0 saturated carbocycles. The highest BCUT2D eigenvalue weighted by molar-refractivity contribution is 7.80. The SMILES string of the molecule is O=C(NC(=S)Nc1ccc2oc(-c3cc(Cl)ccc3Cl)nc2c1)c1sc2cc(Cl)ccc2c1Cl. The Labute approximate surface area is 222 Å². The molecule has 170 valence electrons. The lowest BCUT2D eigenvalue weighted by molar-refractivity contribution is 0.0982. The normalized spacial score (nSPS) is 11.2. The van der Waals surface area contributed by atoms with Crippen molar-refractivity contribution in [1.82, 2.24) is 10.3 Å². The van der Waals surface area contributed by atoms with E-state index in [0.29, 0.717) is 53.2 Å². The first-order valence-corrected chi connectivity index (χ1v) is 12.4. The Balaban J connectivity index is 1.34. The van der Waals surface area contributed by atoms with Crippen molar-refractivity contribution in [3.05, 3.63) is 79.6 Å². The molecule has 0 aliphatic carbocycles. The van der Waals surface area contributed by atoms with Crippen LogP contribution in [0.1, 0.15) is 9.67 Å². The molecular weight excluding hydrogens is 556 g/mol. The monoisotopic (exact) mass is 565 g/mol. The topological polar surface area (TPSA) is 67.2 Å². The minimum atomic E-state index is -0.416. The molecule has 0 aliphatic rings. The number of nitrogens with one attached hydrogen (secondary N) is 2. The van der Waals surface area contributed by atoms with Crippen LogP contribution in [0.2, 0.25) is 20.1 Å². The van der Waals surface area contributed by atoms with Gasteiger partial charge in [0.1, 0.15) is 10.4 Å². The van der Waals surface area contributed by atoms with Crippen molar-refractivity contribution in [3.63, 3.8) is 0 Å². The first-order chi connectivity index (χ1) is 16.3. The van der Waals surface area contributed by atoms with E-state index >= 15 is 0 Å². The Hall–Kier alpha value is -2.39. The highest BCUT2D eigenvalue weighted by atomic mass is 35.5. The van der Waals surface area contributed by atoms with Crippen LogP contribution in [0.25, 0.3) is 32.6 Å². The van der Waals surface area contributed by atoms with E-state index in [2.05, 4.69) is 15.6 Å². The summed E-state index contributed by atoms with van der Waals surface area (Å²) >= 11 is 31.3. The molecule has 0 bridgehead atoms. The molecule has 0 saturated heterocycles. The second kappa shape index (κ2) is 9.34. The summed E-state index contributed by atoms with van der Waals surface area (Å²) < 4.78 is 6.63. The molecule has 11 heteroatoms. The Bertz CT molecular complexity index is 1610. The number of fused-ring (bicyclic) bond motifs is 2. The number of thiocarbonyl (C=S) groups is 1. The van der Waals surface area contributed by atoms with Crippen LogP contribution < -0.4 is 10.6 Å². The van der Waals surface area contributed by atoms with E-state index in [0.717, 1.165) is 10.1 Å². The number of nitrogens with zero attached hydrogens (tertiary/aromatic N) is 1. The number of carbonyl (C=O) groups excluding carboxylic acids is 1. The molecule has 2 heterocycles. The lowest BCUT2D eigenvalue weighted by Gasteiger charge is -2.08. The van der Waals surface area contributed by atoms with E-state index < -0.39 is 5.91 Å². The molecular formula is C23H11Cl4N3O2S2. The van der Waals surface area contributed by atoms with E-state index in [1.54, 1.807) is 54.6 Å².